The van der Waals surface area contributed by atoms with Crippen LogP contribution in [0.4, 0.5) is 0 Å². The molecular formula is C27H33N3O6. The molecule has 3 aliphatic heterocycles. The highest BCUT2D eigenvalue weighted by Gasteiger charge is 2.65. The molecule has 1 aromatic heterocycles. The van der Waals surface area contributed by atoms with Gasteiger partial charge in [-0.1, -0.05) is 23.3 Å². The van der Waals surface area contributed by atoms with Crippen molar-refractivity contribution in [2.45, 2.75) is 64.1 Å². The average Bonchev–Trinajstić information content (AvgIpc) is 3.47. The van der Waals surface area contributed by atoms with Gasteiger partial charge in [0, 0.05) is 30.1 Å². The number of hydrogen-bond acceptors (Lipinski definition) is 6. The molecule has 0 aliphatic carbocycles. The Balaban J connectivity index is 1.84. The maximum absolute atomic E-state index is 13.8. The molecule has 0 saturated carbocycles. The van der Waals surface area contributed by atoms with Gasteiger partial charge in [-0.2, -0.15) is 0 Å². The molecule has 0 bridgehead atoms. The summed E-state index contributed by atoms with van der Waals surface area (Å²) in [6.07, 6.45) is 3.30. The fourth-order valence-corrected chi connectivity index (χ4v) is 5.92. The van der Waals surface area contributed by atoms with Gasteiger partial charge >= 0.3 is 0 Å². The Labute approximate surface area is 209 Å². The zero-order chi connectivity index (χ0) is 25.9. The van der Waals surface area contributed by atoms with Crippen molar-refractivity contribution in [2.24, 2.45) is 0 Å². The van der Waals surface area contributed by atoms with E-state index in [2.05, 4.69) is 0 Å². The number of allylic oxidation sites excluding steroid dienone is 2. The van der Waals surface area contributed by atoms with Crippen molar-refractivity contribution in [3.63, 3.8) is 0 Å². The zero-order valence-corrected chi connectivity index (χ0v) is 21.1. The van der Waals surface area contributed by atoms with Gasteiger partial charge in [0.25, 0.3) is 11.6 Å². The van der Waals surface area contributed by atoms with Crippen LogP contribution in [0.2, 0.25) is 0 Å². The van der Waals surface area contributed by atoms with Gasteiger partial charge in [0.2, 0.25) is 5.91 Å². The first-order valence-corrected chi connectivity index (χ1v) is 12.3. The molecular weight excluding hydrogens is 462 g/mol. The predicted octanol–water partition coefficient (Wildman–Crippen LogP) is 2.16. The Morgan fingerprint density at radius 3 is 2.67 bits per heavy atom. The van der Waals surface area contributed by atoms with Gasteiger partial charge in [-0.15, -0.1) is 0 Å². The molecule has 9 nitrogen and oxygen atoms in total. The molecule has 9 heteroatoms. The summed E-state index contributed by atoms with van der Waals surface area (Å²) >= 11 is 0. The number of carbonyl (C=O) groups is 2. The maximum Gasteiger partial charge on any atom is 0.279 e. The lowest BCUT2D eigenvalue weighted by atomic mass is 9.82. The van der Waals surface area contributed by atoms with Gasteiger partial charge < -0.3 is 29.5 Å². The number of amides is 2. The zero-order valence-electron chi connectivity index (χ0n) is 21.1. The quantitative estimate of drug-likeness (QED) is 0.548. The first-order valence-electron chi connectivity index (χ1n) is 12.3. The molecule has 1 aromatic carbocycles. The van der Waals surface area contributed by atoms with E-state index in [0.717, 1.165) is 16.7 Å². The second kappa shape index (κ2) is 8.76. The molecule has 2 saturated heterocycles. The average molecular weight is 496 g/mol. The van der Waals surface area contributed by atoms with Crippen LogP contribution in [-0.4, -0.2) is 73.5 Å². The lowest BCUT2D eigenvalue weighted by Crippen LogP contribution is -2.74. The summed E-state index contributed by atoms with van der Waals surface area (Å²) in [7, 11) is 1.57. The molecule has 2 aromatic rings. The Morgan fingerprint density at radius 1 is 1.25 bits per heavy atom. The maximum atomic E-state index is 13.8. The summed E-state index contributed by atoms with van der Waals surface area (Å²) in [4.78, 5) is 30.2. The van der Waals surface area contributed by atoms with Crippen LogP contribution in [0.1, 0.15) is 57.0 Å². The van der Waals surface area contributed by atoms with E-state index in [-0.39, 0.29) is 12.5 Å². The number of aliphatic hydroxyl groups excluding tert-OH is 2. The van der Waals surface area contributed by atoms with E-state index >= 15 is 0 Å². The minimum atomic E-state index is -2.42. The predicted molar refractivity (Wildman–Crippen MR) is 133 cm³/mol. The number of nitrogens with zero attached hydrogens (tertiary/aromatic N) is 3. The van der Waals surface area contributed by atoms with Crippen LogP contribution >= 0.6 is 0 Å². The second-order valence-corrected chi connectivity index (χ2v) is 10.2. The highest BCUT2D eigenvalue weighted by atomic mass is 16.5. The van der Waals surface area contributed by atoms with E-state index in [4.69, 9.17) is 4.74 Å². The number of methoxy groups -OCH3 is 1. The Morgan fingerprint density at radius 2 is 2.00 bits per heavy atom. The van der Waals surface area contributed by atoms with E-state index in [1.54, 1.807) is 13.2 Å². The molecule has 36 heavy (non-hydrogen) atoms. The normalized spacial score (nSPS) is 27.8. The number of piperazine rings is 1. The van der Waals surface area contributed by atoms with Crippen molar-refractivity contribution in [3.05, 3.63) is 52.8 Å². The van der Waals surface area contributed by atoms with Gasteiger partial charge in [-0.05, 0) is 45.7 Å². The van der Waals surface area contributed by atoms with Crippen LogP contribution in [0, 0.1) is 0 Å². The number of aromatic nitrogens is 1. The van der Waals surface area contributed by atoms with Crippen LogP contribution in [0.5, 0.6) is 5.75 Å². The van der Waals surface area contributed by atoms with Crippen LogP contribution in [0.3, 0.4) is 0 Å². The molecule has 2 amide bonds. The molecule has 0 unspecified atom stereocenters. The summed E-state index contributed by atoms with van der Waals surface area (Å²) in [5.41, 5.74) is 1.03. The van der Waals surface area contributed by atoms with Crippen LogP contribution in [0.25, 0.3) is 10.9 Å². The Kier molecular flexibility index (Phi) is 5.97. The third-order valence-electron chi connectivity index (χ3n) is 7.65. The van der Waals surface area contributed by atoms with Crippen molar-refractivity contribution in [1.29, 1.82) is 0 Å². The minimum absolute atomic E-state index is 0.0961. The standard InChI is InChI=1S/C27H33N3O6/c1-15(2)12-21-23-22(18-8-7-17(36-4)13-20(18)28(23)11-9-16(3)14-31)24(32)27(35)26(34)29-10-5-6-19(29)25(33)30(21)27/h7-9,12-13,19,21,24,31-32,35H,5-6,10-11,14H2,1-4H3/t19-,21-,24-,27+/m0/s1. The number of ether oxygens (including phenoxy) is 1. The number of benzene rings is 1. The summed E-state index contributed by atoms with van der Waals surface area (Å²) in [5.74, 6) is -0.391. The SMILES string of the molecule is COc1ccc2c3c(n(CC=C(C)CO)c2c1)[C@H](C=C(C)C)N1C(=O)[C@@H]2CCCN2C(=O)[C@]1(O)[C@H]3O. The Hall–Kier alpha value is -3.14. The number of carbonyl (C=O) groups excluding carboxylic acids is 2. The number of hydrogen-bond donors (Lipinski definition) is 3. The lowest BCUT2D eigenvalue weighted by Gasteiger charge is -2.54. The highest BCUT2D eigenvalue weighted by Crippen LogP contribution is 2.52. The molecule has 3 aliphatic rings. The van der Waals surface area contributed by atoms with Gasteiger partial charge in [0.15, 0.2) is 0 Å². The molecule has 0 radical (unpaired) electrons. The number of aliphatic hydroxyl groups is 3. The number of fused-ring (bicyclic) bond motifs is 5. The fraction of sp³-hybridized carbons (Fsp3) is 0.481. The van der Waals surface area contributed by atoms with Gasteiger partial charge in [-0.3, -0.25) is 14.5 Å². The molecule has 5 rings (SSSR count). The van der Waals surface area contributed by atoms with E-state index in [1.165, 1.54) is 9.80 Å². The van der Waals surface area contributed by atoms with Crippen molar-refractivity contribution in [1.82, 2.24) is 14.4 Å². The van der Waals surface area contributed by atoms with Crippen molar-refractivity contribution in [2.75, 3.05) is 20.3 Å². The molecule has 4 heterocycles. The molecule has 0 spiro atoms. The topological polar surface area (TPSA) is 115 Å². The smallest absolute Gasteiger partial charge is 0.279 e. The third-order valence-corrected chi connectivity index (χ3v) is 7.65. The van der Waals surface area contributed by atoms with Crippen LogP contribution < -0.4 is 4.74 Å². The second-order valence-electron chi connectivity index (χ2n) is 10.2. The van der Waals surface area contributed by atoms with E-state index < -0.39 is 29.8 Å². The first-order chi connectivity index (χ1) is 17.1. The summed E-state index contributed by atoms with van der Waals surface area (Å²) in [5, 5.41) is 33.9. The molecule has 3 N–H and O–H groups in total. The molecule has 2 fully saturated rings. The summed E-state index contributed by atoms with van der Waals surface area (Å²) in [6, 6.07) is 3.99. The summed E-state index contributed by atoms with van der Waals surface area (Å²) < 4.78 is 7.43. The third kappa shape index (κ3) is 3.33. The van der Waals surface area contributed by atoms with Gasteiger partial charge in [0.1, 0.15) is 17.9 Å². The molecule has 192 valence electrons. The first kappa shape index (κ1) is 24.5. The van der Waals surface area contributed by atoms with Gasteiger partial charge in [-0.25, -0.2) is 0 Å². The number of rotatable bonds is 5. The van der Waals surface area contributed by atoms with Crippen LogP contribution in [0.15, 0.2) is 41.5 Å². The van der Waals surface area contributed by atoms with Crippen LogP contribution in [-0.2, 0) is 16.1 Å². The van der Waals surface area contributed by atoms with E-state index in [1.807, 2.05) is 49.6 Å². The van der Waals surface area contributed by atoms with Gasteiger partial charge in [0.05, 0.1) is 31.0 Å². The molecule has 4 atom stereocenters. The summed E-state index contributed by atoms with van der Waals surface area (Å²) in [6.45, 7) is 6.25. The van der Waals surface area contributed by atoms with Crippen molar-refractivity contribution < 1.29 is 29.6 Å². The largest absolute Gasteiger partial charge is 0.497 e. The lowest BCUT2D eigenvalue weighted by molar-refractivity contribution is -0.229. The van der Waals surface area contributed by atoms with Crippen molar-refractivity contribution in [3.8, 4) is 5.75 Å². The highest BCUT2D eigenvalue weighted by molar-refractivity contribution is 6.02. The Bertz CT molecular complexity index is 1310. The monoisotopic (exact) mass is 495 g/mol. The van der Waals surface area contributed by atoms with E-state index in [0.29, 0.717) is 48.3 Å². The minimum Gasteiger partial charge on any atom is -0.497 e. The van der Waals surface area contributed by atoms with Crippen molar-refractivity contribution >= 4 is 22.7 Å². The van der Waals surface area contributed by atoms with E-state index in [9.17, 15) is 24.9 Å². The fourth-order valence-electron chi connectivity index (χ4n) is 5.92.